The van der Waals surface area contributed by atoms with Crippen molar-refractivity contribution in [3.63, 3.8) is 0 Å². The molecular formula is C16H20N2O3. The number of hydrogen-bond donors (Lipinski definition) is 1. The molecule has 0 fully saturated rings. The first-order valence-corrected chi connectivity index (χ1v) is 7.13. The minimum Gasteiger partial charge on any atom is -0.478 e. The lowest BCUT2D eigenvalue weighted by Crippen LogP contribution is -2.29. The number of nitrogens with two attached hydrogens (primary N) is 1. The molecule has 1 aromatic carbocycles. The first-order valence-electron chi connectivity index (χ1n) is 7.13. The monoisotopic (exact) mass is 288 g/mol. The number of fused-ring (bicyclic) bond motifs is 1. The highest BCUT2D eigenvalue weighted by atomic mass is 16.6. The Labute approximate surface area is 124 Å². The summed E-state index contributed by atoms with van der Waals surface area (Å²) in [4.78, 5) is 16.2. The van der Waals surface area contributed by atoms with Gasteiger partial charge in [-0.2, -0.15) is 0 Å². The first-order chi connectivity index (χ1) is 10.2. The number of carbonyl (C=O) groups is 1. The third-order valence-electron chi connectivity index (χ3n) is 3.13. The van der Waals surface area contributed by atoms with Crippen LogP contribution >= 0.6 is 0 Å². The quantitative estimate of drug-likeness (QED) is 0.653. The molecule has 2 N–H and O–H groups in total. The molecule has 5 nitrogen and oxygen atoms in total. The van der Waals surface area contributed by atoms with Crippen molar-refractivity contribution >= 4 is 22.6 Å². The van der Waals surface area contributed by atoms with E-state index in [1.54, 1.807) is 25.3 Å². The fourth-order valence-electron chi connectivity index (χ4n) is 2.15. The van der Waals surface area contributed by atoms with Gasteiger partial charge in [0.1, 0.15) is 5.75 Å². The van der Waals surface area contributed by atoms with Gasteiger partial charge in [0.2, 0.25) is 0 Å². The average molecular weight is 288 g/mol. The van der Waals surface area contributed by atoms with Crippen molar-refractivity contribution in [3.05, 3.63) is 30.5 Å². The van der Waals surface area contributed by atoms with Crippen LogP contribution in [0.25, 0.3) is 10.9 Å². The maximum Gasteiger partial charge on any atom is 0.347 e. The lowest BCUT2D eigenvalue weighted by molar-refractivity contribution is -0.151. The van der Waals surface area contributed by atoms with Crippen LogP contribution in [-0.2, 0) is 9.53 Å². The van der Waals surface area contributed by atoms with Gasteiger partial charge in [-0.05, 0) is 37.6 Å². The van der Waals surface area contributed by atoms with Crippen LogP contribution < -0.4 is 10.5 Å². The van der Waals surface area contributed by atoms with Gasteiger partial charge in [0.25, 0.3) is 0 Å². The van der Waals surface area contributed by atoms with Crippen LogP contribution in [0.15, 0.2) is 30.5 Å². The maximum absolute atomic E-state index is 12.0. The van der Waals surface area contributed by atoms with E-state index >= 15 is 0 Å². The topological polar surface area (TPSA) is 74.4 Å². The highest BCUT2D eigenvalue weighted by Gasteiger charge is 2.22. The van der Waals surface area contributed by atoms with Crippen molar-refractivity contribution in [2.45, 2.75) is 32.8 Å². The van der Waals surface area contributed by atoms with E-state index in [2.05, 4.69) is 4.98 Å². The largest absolute Gasteiger partial charge is 0.478 e. The van der Waals surface area contributed by atoms with Crippen molar-refractivity contribution in [1.29, 1.82) is 0 Å². The van der Waals surface area contributed by atoms with Gasteiger partial charge in [0.15, 0.2) is 6.10 Å². The maximum atomic E-state index is 12.0. The fourth-order valence-corrected chi connectivity index (χ4v) is 2.15. The van der Waals surface area contributed by atoms with Crippen LogP contribution in [0.5, 0.6) is 5.75 Å². The van der Waals surface area contributed by atoms with Crippen molar-refractivity contribution in [2.75, 3.05) is 12.3 Å². The molecule has 0 aliphatic rings. The number of anilines is 1. The van der Waals surface area contributed by atoms with E-state index in [0.717, 1.165) is 11.8 Å². The molecule has 1 aromatic heterocycles. The molecule has 0 bridgehead atoms. The predicted molar refractivity (Wildman–Crippen MR) is 82.1 cm³/mol. The first kappa shape index (κ1) is 15.1. The number of ether oxygens (including phenoxy) is 2. The van der Waals surface area contributed by atoms with Crippen molar-refractivity contribution in [1.82, 2.24) is 4.98 Å². The second-order valence-electron chi connectivity index (χ2n) is 4.70. The molecule has 0 spiro atoms. The molecule has 0 saturated carbocycles. The summed E-state index contributed by atoms with van der Waals surface area (Å²) in [5.74, 6) is 0.256. The van der Waals surface area contributed by atoms with Crippen LogP contribution in [0, 0.1) is 0 Å². The minimum atomic E-state index is -0.609. The summed E-state index contributed by atoms with van der Waals surface area (Å²) >= 11 is 0. The van der Waals surface area contributed by atoms with E-state index in [-0.39, 0.29) is 5.97 Å². The van der Waals surface area contributed by atoms with E-state index in [1.165, 1.54) is 0 Å². The van der Waals surface area contributed by atoms with E-state index < -0.39 is 6.10 Å². The van der Waals surface area contributed by atoms with Crippen LogP contribution in [-0.4, -0.2) is 23.7 Å². The van der Waals surface area contributed by atoms with Gasteiger partial charge < -0.3 is 15.2 Å². The summed E-state index contributed by atoms with van der Waals surface area (Å²) in [6, 6.07) is 7.19. The Morgan fingerprint density at radius 2 is 2.14 bits per heavy atom. The number of nitrogens with zero attached hydrogens (tertiary/aromatic N) is 1. The second-order valence-corrected chi connectivity index (χ2v) is 4.70. The zero-order valence-corrected chi connectivity index (χ0v) is 12.3. The Hall–Kier alpha value is -2.30. The highest BCUT2D eigenvalue weighted by molar-refractivity contribution is 5.94. The Kier molecular flexibility index (Phi) is 4.98. The average Bonchev–Trinajstić information content (AvgIpc) is 2.50. The van der Waals surface area contributed by atoms with E-state index in [0.29, 0.717) is 30.0 Å². The Balaban J connectivity index is 2.32. The van der Waals surface area contributed by atoms with Gasteiger partial charge in [0.05, 0.1) is 17.8 Å². The smallest absolute Gasteiger partial charge is 0.347 e. The van der Waals surface area contributed by atoms with Gasteiger partial charge in [-0.3, -0.25) is 4.98 Å². The number of pyridine rings is 1. The standard InChI is InChI=1S/C16H20N2O3/c1-3-6-14(16(19)20-4-2)21-13-9-8-12(17)15-11(13)7-5-10-18-15/h5,7-10,14H,3-4,6,17H2,1-2H3. The fraction of sp³-hybridized carbons (Fsp3) is 0.375. The van der Waals surface area contributed by atoms with Crippen LogP contribution in [0.1, 0.15) is 26.7 Å². The van der Waals surface area contributed by atoms with E-state index in [4.69, 9.17) is 15.2 Å². The predicted octanol–water partition coefficient (Wildman–Crippen LogP) is 2.93. The number of carbonyl (C=O) groups excluding carboxylic acids is 1. The third kappa shape index (κ3) is 3.42. The number of esters is 1. The van der Waals surface area contributed by atoms with Crippen LogP contribution in [0.4, 0.5) is 5.69 Å². The highest BCUT2D eigenvalue weighted by Crippen LogP contribution is 2.29. The molecule has 1 unspecified atom stereocenters. The zero-order chi connectivity index (χ0) is 15.2. The summed E-state index contributed by atoms with van der Waals surface area (Å²) in [7, 11) is 0. The Morgan fingerprint density at radius 1 is 1.33 bits per heavy atom. The molecule has 0 aliphatic carbocycles. The Morgan fingerprint density at radius 3 is 2.86 bits per heavy atom. The summed E-state index contributed by atoms with van der Waals surface area (Å²) in [6.07, 6.45) is 2.50. The summed E-state index contributed by atoms with van der Waals surface area (Å²) < 4.78 is 10.9. The number of aromatic nitrogens is 1. The zero-order valence-electron chi connectivity index (χ0n) is 12.3. The number of hydrogen-bond acceptors (Lipinski definition) is 5. The summed E-state index contributed by atoms with van der Waals surface area (Å²) in [5.41, 5.74) is 7.17. The molecule has 0 radical (unpaired) electrons. The van der Waals surface area contributed by atoms with E-state index in [1.807, 2.05) is 19.1 Å². The molecule has 0 aliphatic heterocycles. The lowest BCUT2D eigenvalue weighted by atomic mass is 10.1. The van der Waals surface area contributed by atoms with Crippen molar-refractivity contribution in [3.8, 4) is 5.75 Å². The second kappa shape index (κ2) is 6.92. The third-order valence-corrected chi connectivity index (χ3v) is 3.13. The number of benzene rings is 1. The molecular weight excluding hydrogens is 268 g/mol. The minimum absolute atomic E-state index is 0.340. The van der Waals surface area contributed by atoms with Crippen molar-refractivity contribution in [2.24, 2.45) is 0 Å². The SMILES string of the molecule is CCCC(Oc1ccc(N)c2ncccc12)C(=O)OCC. The van der Waals surface area contributed by atoms with Crippen LogP contribution in [0.2, 0.25) is 0 Å². The Bertz CT molecular complexity index is 628. The van der Waals surface area contributed by atoms with E-state index in [9.17, 15) is 4.79 Å². The number of nitrogen functional groups attached to an aromatic ring is 1. The van der Waals surface area contributed by atoms with Crippen molar-refractivity contribution < 1.29 is 14.3 Å². The normalized spacial score (nSPS) is 12.1. The molecule has 0 saturated heterocycles. The van der Waals surface area contributed by atoms with Gasteiger partial charge in [-0.25, -0.2) is 4.79 Å². The summed E-state index contributed by atoms with van der Waals surface area (Å²) in [5, 5.41) is 0.794. The van der Waals surface area contributed by atoms with Gasteiger partial charge >= 0.3 is 5.97 Å². The van der Waals surface area contributed by atoms with Gasteiger partial charge in [0, 0.05) is 11.6 Å². The van der Waals surface area contributed by atoms with Gasteiger partial charge in [-0.1, -0.05) is 13.3 Å². The molecule has 0 amide bonds. The van der Waals surface area contributed by atoms with Crippen LogP contribution in [0.3, 0.4) is 0 Å². The molecule has 21 heavy (non-hydrogen) atoms. The molecule has 1 heterocycles. The molecule has 2 aromatic rings. The molecule has 5 heteroatoms. The number of rotatable bonds is 6. The van der Waals surface area contributed by atoms with Gasteiger partial charge in [-0.15, -0.1) is 0 Å². The molecule has 1 atom stereocenters. The molecule has 2 rings (SSSR count). The lowest BCUT2D eigenvalue weighted by Gasteiger charge is -2.18. The summed E-state index contributed by atoms with van der Waals surface area (Å²) in [6.45, 7) is 4.12. The molecule has 112 valence electrons.